The molecule has 0 aliphatic heterocycles. The molecule has 38 heavy (non-hydrogen) atoms. The number of nitrogens with one attached hydrogen (secondary N) is 4. The van der Waals surface area contributed by atoms with E-state index in [9.17, 15) is 29.1 Å². The van der Waals surface area contributed by atoms with Crippen molar-refractivity contribution in [2.24, 2.45) is 23.3 Å². The Morgan fingerprint density at radius 2 is 1.55 bits per heavy atom. The topological polar surface area (TPSA) is 209 Å². The van der Waals surface area contributed by atoms with Crippen LogP contribution in [0.5, 0.6) is 0 Å². The summed E-state index contributed by atoms with van der Waals surface area (Å²) in [5.41, 5.74) is 13.1. The van der Waals surface area contributed by atoms with Crippen molar-refractivity contribution in [1.29, 1.82) is 0 Å². The number of aromatic nitrogens is 1. The summed E-state index contributed by atoms with van der Waals surface area (Å²) in [6, 6.07) is 3.05. The molecule has 5 atom stereocenters. The molecule has 208 valence electrons. The summed E-state index contributed by atoms with van der Waals surface area (Å²) in [7, 11) is 0. The maximum Gasteiger partial charge on any atom is 0.326 e. The smallest absolute Gasteiger partial charge is 0.326 e. The highest BCUT2D eigenvalue weighted by molar-refractivity contribution is 5.95. The van der Waals surface area contributed by atoms with Crippen LogP contribution in [0.4, 0.5) is 0 Å². The van der Waals surface area contributed by atoms with Gasteiger partial charge < -0.3 is 37.5 Å². The molecule has 2 aromatic rings. The van der Waals surface area contributed by atoms with Crippen LogP contribution in [0.15, 0.2) is 30.5 Å². The van der Waals surface area contributed by atoms with Crippen molar-refractivity contribution >= 4 is 40.5 Å². The van der Waals surface area contributed by atoms with Crippen molar-refractivity contribution in [3.8, 4) is 0 Å². The summed E-state index contributed by atoms with van der Waals surface area (Å²) < 4.78 is 0. The number of rotatable bonds is 14. The molecule has 4 amide bonds. The highest BCUT2D eigenvalue weighted by atomic mass is 16.4. The van der Waals surface area contributed by atoms with Crippen LogP contribution in [0.1, 0.15) is 46.1 Å². The number of carboxylic acid groups (broad SMARTS) is 1. The predicted octanol–water partition coefficient (Wildman–Crippen LogP) is 0.154. The molecule has 0 aliphatic carbocycles. The minimum Gasteiger partial charge on any atom is -0.480 e. The van der Waals surface area contributed by atoms with E-state index in [0.717, 1.165) is 16.5 Å². The monoisotopic (exact) mass is 530 g/mol. The number of hydrogen-bond donors (Lipinski definition) is 7. The number of carbonyl (C=O) groups is 5. The Bertz CT molecular complexity index is 1160. The molecule has 0 bridgehead atoms. The first-order valence-corrected chi connectivity index (χ1v) is 12.6. The lowest BCUT2D eigenvalue weighted by molar-refractivity contribution is -0.144. The Morgan fingerprint density at radius 1 is 0.947 bits per heavy atom. The van der Waals surface area contributed by atoms with E-state index < -0.39 is 60.2 Å². The molecule has 5 unspecified atom stereocenters. The molecule has 1 aromatic heterocycles. The zero-order valence-corrected chi connectivity index (χ0v) is 22.1. The average Bonchev–Trinajstić information content (AvgIpc) is 3.26. The highest BCUT2D eigenvalue weighted by Gasteiger charge is 2.34. The van der Waals surface area contributed by atoms with E-state index >= 15 is 0 Å². The second-order valence-electron chi connectivity index (χ2n) is 9.84. The van der Waals surface area contributed by atoms with Crippen LogP contribution in [0, 0.1) is 11.8 Å². The average molecular weight is 531 g/mol. The van der Waals surface area contributed by atoms with Gasteiger partial charge in [-0.3, -0.25) is 19.2 Å². The van der Waals surface area contributed by atoms with E-state index in [2.05, 4.69) is 20.9 Å². The molecule has 0 radical (unpaired) electrons. The molecular weight excluding hydrogens is 492 g/mol. The third-order valence-corrected chi connectivity index (χ3v) is 6.51. The first-order valence-electron chi connectivity index (χ1n) is 12.6. The molecule has 0 spiro atoms. The van der Waals surface area contributed by atoms with Gasteiger partial charge in [0.1, 0.15) is 18.1 Å². The van der Waals surface area contributed by atoms with Crippen molar-refractivity contribution in [1.82, 2.24) is 20.9 Å². The van der Waals surface area contributed by atoms with Crippen molar-refractivity contribution in [3.63, 3.8) is 0 Å². The largest absolute Gasteiger partial charge is 0.480 e. The Morgan fingerprint density at radius 3 is 2.13 bits per heavy atom. The van der Waals surface area contributed by atoms with Crippen molar-refractivity contribution < 1.29 is 29.1 Å². The maximum absolute atomic E-state index is 13.2. The number of amides is 4. The van der Waals surface area contributed by atoms with E-state index in [4.69, 9.17) is 11.5 Å². The molecular formula is C26H38N6O6. The fourth-order valence-electron chi connectivity index (χ4n) is 4.03. The molecule has 1 aromatic carbocycles. The summed E-state index contributed by atoms with van der Waals surface area (Å²) in [6.07, 6.45) is 1.93. The molecule has 2 rings (SSSR count). The Balaban J connectivity index is 2.12. The van der Waals surface area contributed by atoms with Gasteiger partial charge in [-0.05, 0) is 29.9 Å². The molecule has 12 nitrogen and oxygen atoms in total. The Labute approximate surface area is 221 Å². The van der Waals surface area contributed by atoms with Gasteiger partial charge in [0, 0.05) is 17.1 Å². The van der Waals surface area contributed by atoms with Crippen molar-refractivity contribution in [3.05, 3.63) is 36.0 Å². The number of benzene rings is 1. The zero-order chi connectivity index (χ0) is 28.6. The van der Waals surface area contributed by atoms with Crippen molar-refractivity contribution in [2.45, 2.75) is 71.1 Å². The van der Waals surface area contributed by atoms with Gasteiger partial charge in [-0.25, -0.2) is 4.79 Å². The SMILES string of the molecule is CCC(C)C(NC(=O)C(NC(=O)C(N)Cc1c[nH]c2ccccc12)C(C)C)C(=O)NC(CC(N)=O)C(=O)O. The number of carboxylic acids is 1. The predicted molar refractivity (Wildman–Crippen MR) is 142 cm³/mol. The number of primary amides is 1. The van der Waals surface area contributed by atoms with Gasteiger partial charge in [-0.15, -0.1) is 0 Å². The first-order chi connectivity index (χ1) is 17.8. The number of H-pyrrole nitrogens is 1. The zero-order valence-electron chi connectivity index (χ0n) is 22.1. The summed E-state index contributed by atoms with van der Waals surface area (Å²) in [5.74, 6) is -4.96. The number of aromatic amines is 1. The van der Waals surface area contributed by atoms with E-state index in [1.165, 1.54) is 0 Å². The third-order valence-electron chi connectivity index (χ3n) is 6.51. The summed E-state index contributed by atoms with van der Waals surface area (Å²) in [5, 5.41) is 17.9. The molecule has 0 saturated carbocycles. The van der Waals surface area contributed by atoms with Crippen molar-refractivity contribution in [2.75, 3.05) is 0 Å². The maximum atomic E-state index is 13.2. The Hall–Kier alpha value is -3.93. The van der Waals surface area contributed by atoms with Gasteiger partial charge in [0.2, 0.25) is 23.6 Å². The quantitative estimate of drug-likeness (QED) is 0.180. The number of nitrogens with two attached hydrogens (primary N) is 2. The number of para-hydroxylation sites is 1. The molecule has 9 N–H and O–H groups in total. The minimum absolute atomic E-state index is 0.247. The van der Waals surface area contributed by atoms with Crippen LogP contribution in [-0.2, 0) is 30.4 Å². The molecule has 0 aliphatic rings. The van der Waals surface area contributed by atoms with Gasteiger partial charge in [-0.2, -0.15) is 0 Å². The number of hydrogen-bond acceptors (Lipinski definition) is 6. The normalized spacial score (nSPS) is 15.2. The van der Waals surface area contributed by atoms with Gasteiger partial charge in [0.15, 0.2) is 0 Å². The molecule has 12 heteroatoms. The van der Waals surface area contributed by atoms with Gasteiger partial charge in [-0.1, -0.05) is 52.3 Å². The fraction of sp³-hybridized carbons (Fsp3) is 0.500. The van der Waals surface area contributed by atoms with Crippen LogP contribution in [0.2, 0.25) is 0 Å². The lowest BCUT2D eigenvalue weighted by Crippen LogP contribution is -2.60. The van der Waals surface area contributed by atoms with Gasteiger partial charge in [0.25, 0.3) is 0 Å². The molecule has 0 fully saturated rings. The van der Waals surface area contributed by atoms with Crippen LogP contribution in [0.25, 0.3) is 10.9 Å². The second-order valence-corrected chi connectivity index (χ2v) is 9.84. The highest BCUT2D eigenvalue weighted by Crippen LogP contribution is 2.19. The lowest BCUT2D eigenvalue weighted by Gasteiger charge is -2.29. The lowest BCUT2D eigenvalue weighted by atomic mass is 9.95. The summed E-state index contributed by atoms with van der Waals surface area (Å²) in [4.78, 5) is 64.9. The molecule has 1 heterocycles. The fourth-order valence-corrected chi connectivity index (χ4v) is 4.03. The van der Waals surface area contributed by atoms with Crippen LogP contribution in [-0.4, -0.2) is 63.9 Å². The number of fused-ring (bicyclic) bond motifs is 1. The summed E-state index contributed by atoms with van der Waals surface area (Å²) in [6.45, 7) is 7.00. The standard InChI is InChI=1S/C26H38N6O6/c1-5-14(4)22(25(36)30-19(26(37)38)11-20(28)33)32-24(35)21(13(2)3)31-23(34)17(27)10-15-12-29-18-9-7-6-8-16(15)18/h6-9,12-14,17,19,21-22,29H,5,10-11,27H2,1-4H3,(H2,28,33)(H,30,36)(H,31,34)(H,32,35)(H,37,38). The third kappa shape index (κ3) is 8.04. The number of aliphatic carboxylic acids is 1. The van der Waals surface area contributed by atoms with E-state index in [1.54, 1.807) is 33.9 Å². The van der Waals surface area contributed by atoms with Gasteiger partial charge >= 0.3 is 5.97 Å². The summed E-state index contributed by atoms with van der Waals surface area (Å²) >= 11 is 0. The van der Waals surface area contributed by atoms with Crippen LogP contribution in [0.3, 0.4) is 0 Å². The van der Waals surface area contributed by atoms with E-state index in [0.29, 0.717) is 6.42 Å². The first kappa shape index (κ1) is 30.3. The minimum atomic E-state index is -1.54. The number of carbonyl (C=O) groups excluding carboxylic acids is 4. The van der Waals surface area contributed by atoms with Crippen LogP contribution >= 0.6 is 0 Å². The van der Waals surface area contributed by atoms with Gasteiger partial charge in [0.05, 0.1) is 12.5 Å². The van der Waals surface area contributed by atoms with E-state index in [1.807, 2.05) is 24.3 Å². The Kier molecular flexibility index (Phi) is 10.8. The second kappa shape index (κ2) is 13.6. The van der Waals surface area contributed by atoms with Crippen LogP contribution < -0.4 is 27.4 Å². The molecule has 0 saturated heterocycles. The van der Waals surface area contributed by atoms with E-state index in [-0.39, 0.29) is 18.3 Å².